The van der Waals surface area contributed by atoms with Gasteiger partial charge in [-0.3, -0.25) is 9.59 Å². The molecule has 1 atom stereocenters. The van der Waals surface area contributed by atoms with Gasteiger partial charge in [0.1, 0.15) is 0 Å². The van der Waals surface area contributed by atoms with Gasteiger partial charge < -0.3 is 15.5 Å². The van der Waals surface area contributed by atoms with E-state index < -0.39 is 6.04 Å². The highest BCUT2D eigenvalue weighted by Crippen LogP contribution is 2.08. The van der Waals surface area contributed by atoms with Crippen molar-refractivity contribution in [3.63, 3.8) is 0 Å². The van der Waals surface area contributed by atoms with E-state index in [1.165, 1.54) is 4.90 Å². The molecule has 1 fully saturated rings. The molecule has 0 aliphatic carbocycles. The number of amides is 2. The second kappa shape index (κ2) is 7.36. The molecule has 0 radical (unpaired) electrons. The van der Waals surface area contributed by atoms with Crippen molar-refractivity contribution < 1.29 is 9.59 Å². The van der Waals surface area contributed by atoms with Gasteiger partial charge >= 0.3 is 0 Å². The molecule has 1 aliphatic rings. The minimum atomic E-state index is -0.471. The lowest BCUT2D eigenvalue weighted by Crippen LogP contribution is -2.46. The third-order valence-electron chi connectivity index (χ3n) is 3.39. The minimum Gasteiger partial charge on any atom is -0.341 e. The van der Waals surface area contributed by atoms with Crippen molar-refractivity contribution in [2.45, 2.75) is 45.1 Å². The van der Waals surface area contributed by atoms with E-state index in [-0.39, 0.29) is 18.4 Å². The van der Waals surface area contributed by atoms with Crippen molar-refractivity contribution in [2.75, 3.05) is 26.7 Å². The Hall–Kier alpha value is -1.10. The minimum absolute atomic E-state index is 0.0334. The fourth-order valence-electron chi connectivity index (χ4n) is 2.18. The van der Waals surface area contributed by atoms with Crippen LogP contribution in [0, 0.1) is 0 Å². The highest BCUT2D eigenvalue weighted by atomic mass is 16.2. The average molecular weight is 255 g/mol. The topological polar surface area (TPSA) is 66.6 Å². The third kappa shape index (κ3) is 4.29. The molecule has 2 N–H and O–H groups in total. The second-order valence-corrected chi connectivity index (χ2v) is 5.03. The Morgan fingerprint density at radius 1 is 1.33 bits per heavy atom. The van der Waals surface area contributed by atoms with Crippen molar-refractivity contribution >= 4 is 11.8 Å². The quantitative estimate of drug-likeness (QED) is 0.755. The van der Waals surface area contributed by atoms with E-state index >= 15 is 0 Å². The Balaban J connectivity index is 2.36. The molecule has 0 spiro atoms. The van der Waals surface area contributed by atoms with Crippen molar-refractivity contribution in [3.8, 4) is 0 Å². The Bertz CT molecular complexity index is 288. The van der Waals surface area contributed by atoms with Gasteiger partial charge in [0, 0.05) is 20.1 Å². The third-order valence-corrected chi connectivity index (χ3v) is 3.39. The first-order valence-electron chi connectivity index (χ1n) is 6.84. The molecule has 18 heavy (non-hydrogen) atoms. The van der Waals surface area contributed by atoms with Gasteiger partial charge in [-0.05, 0) is 19.3 Å². The number of nitrogens with two attached hydrogens (primary N) is 1. The number of unbranched alkanes of at least 4 members (excludes halogenated alkanes) is 1. The van der Waals surface area contributed by atoms with Crippen molar-refractivity contribution in [2.24, 2.45) is 5.73 Å². The van der Waals surface area contributed by atoms with E-state index in [1.807, 2.05) is 4.90 Å². The van der Waals surface area contributed by atoms with Gasteiger partial charge in [-0.25, -0.2) is 0 Å². The number of likely N-dealkylation sites (N-methyl/N-ethyl adjacent to an activating group) is 1. The maximum absolute atomic E-state index is 11.9. The van der Waals surface area contributed by atoms with Gasteiger partial charge in [0.25, 0.3) is 0 Å². The molecule has 0 saturated carbocycles. The number of nitrogens with zero attached hydrogens (tertiary/aromatic N) is 2. The molecule has 2 amide bonds. The molecular formula is C13H25N3O2. The molecule has 1 unspecified atom stereocenters. The molecule has 1 rings (SSSR count). The lowest BCUT2D eigenvalue weighted by molar-refractivity contribution is -0.139. The van der Waals surface area contributed by atoms with E-state index in [4.69, 9.17) is 5.73 Å². The van der Waals surface area contributed by atoms with E-state index in [9.17, 15) is 9.59 Å². The molecule has 0 aromatic carbocycles. The number of rotatable bonds is 6. The van der Waals surface area contributed by atoms with Crippen LogP contribution >= 0.6 is 0 Å². The van der Waals surface area contributed by atoms with Crippen LogP contribution in [0.4, 0.5) is 0 Å². The Morgan fingerprint density at radius 3 is 2.50 bits per heavy atom. The van der Waals surface area contributed by atoms with Gasteiger partial charge in [0.05, 0.1) is 12.6 Å². The number of likely N-dealkylation sites (tertiary alicyclic amines) is 1. The smallest absolute Gasteiger partial charge is 0.242 e. The summed E-state index contributed by atoms with van der Waals surface area (Å²) in [4.78, 5) is 27.1. The summed E-state index contributed by atoms with van der Waals surface area (Å²) in [6.07, 6.45) is 4.80. The van der Waals surface area contributed by atoms with Gasteiger partial charge in [-0.1, -0.05) is 19.8 Å². The standard InChI is InChI=1S/C13H25N3O2/c1-3-4-7-11(14)13(18)15(2)10-12(17)16-8-5-6-9-16/h11H,3-10,14H2,1-2H3. The highest BCUT2D eigenvalue weighted by molar-refractivity contribution is 5.87. The summed E-state index contributed by atoms with van der Waals surface area (Å²) in [5, 5.41) is 0. The van der Waals surface area contributed by atoms with Crippen LogP contribution in [0.3, 0.4) is 0 Å². The van der Waals surface area contributed by atoms with E-state index in [2.05, 4.69) is 6.92 Å². The Kier molecular flexibility index (Phi) is 6.12. The maximum Gasteiger partial charge on any atom is 0.242 e. The van der Waals surface area contributed by atoms with E-state index in [0.717, 1.165) is 38.8 Å². The molecule has 0 bridgehead atoms. The number of carbonyl (C=O) groups excluding carboxylic acids is 2. The Labute approximate surface area is 109 Å². The first-order valence-corrected chi connectivity index (χ1v) is 6.84. The number of carbonyl (C=O) groups is 2. The lowest BCUT2D eigenvalue weighted by Gasteiger charge is -2.23. The summed E-state index contributed by atoms with van der Waals surface area (Å²) in [5.41, 5.74) is 5.82. The van der Waals surface area contributed by atoms with Gasteiger partial charge in [0.2, 0.25) is 11.8 Å². The van der Waals surface area contributed by atoms with Crippen LogP contribution in [-0.4, -0.2) is 54.3 Å². The summed E-state index contributed by atoms with van der Waals surface area (Å²) in [7, 11) is 1.65. The van der Waals surface area contributed by atoms with Crippen LogP contribution in [0.15, 0.2) is 0 Å². The molecular weight excluding hydrogens is 230 g/mol. The van der Waals surface area contributed by atoms with Crippen LogP contribution in [0.25, 0.3) is 0 Å². The molecule has 0 aromatic heterocycles. The van der Waals surface area contributed by atoms with Crippen LogP contribution in [0.1, 0.15) is 39.0 Å². The lowest BCUT2D eigenvalue weighted by atomic mass is 10.1. The molecule has 104 valence electrons. The zero-order valence-electron chi connectivity index (χ0n) is 11.5. The number of hydrogen-bond donors (Lipinski definition) is 1. The van der Waals surface area contributed by atoms with Crippen molar-refractivity contribution in [1.82, 2.24) is 9.80 Å². The van der Waals surface area contributed by atoms with Crippen molar-refractivity contribution in [3.05, 3.63) is 0 Å². The van der Waals surface area contributed by atoms with Crippen LogP contribution in [0.5, 0.6) is 0 Å². The first kappa shape index (κ1) is 15.0. The largest absolute Gasteiger partial charge is 0.341 e. The SMILES string of the molecule is CCCCC(N)C(=O)N(C)CC(=O)N1CCCC1. The predicted octanol–water partition coefficient (Wildman–Crippen LogP) is 0.585. The summed E-state index contributed by atoms with van der Waals surface area (Å²) < 4.78 is 0. The summed E-state index contributed by atoms with van der Waals surface area (Å²) in [5.74, 6) is -0.0953. The van der Waals surface area contributed by atoms with Crippen LogP contribution in [0.2, 0.25) is 0 Å². The highest BCUT2D eigenvalue weighted by Gasteiger charge is 2.23. The zero-order chi connectivity index (χ0) is 13.5. The molecule has 1 saturated heterocycles. The first-order chi connectivity index (χ1) is 8.56. The monoisotopic (exact) mass is 255 g/mol. The van der Waals surface area contributed by atoms with Gasteiger partial charge in [0.15, 0.2) is 0 Å². The van der Waals surface area contributed by atoms with Crippen LogP contribution < -0.4 is 5.73 Å². The fourth-order valence-corrected chi connectivity index (χ4v) is 2.18. The van der Waals surface area contributed by atoms with Crippen molar-refractivity contribution in [1.29, 1.82) is 0 Å². The van der Waals surface area contributed by atoms with Crippen LogP contribution in [-0.2, 0) is 9.59 Å². The maximum atomic E-state index is 11.9. The fraction of sp³-hybridized carbons (Fsp3) is 0.846. The van der Waals surface area contributed by atoms with Gasteiger partial charge in [-0.15, -0.1) is 0 Å². The molecule has 5 heteroatoms. The molecule has 0 aromatic rings. The summed E-state index contributed by atoms with van der Waals surface area (Å²) in [6, 6.07) is -0.471. The molecule has 1 heterocycles. The average Bonchev–Trinajstić information content (AvgIpc) is 2.88. The zero-order valence-corrected chi connectivity index (χ0v) is 11.5. The molecule has 1 aliphatic heterocycles. The van der Waals surface area contributed by atoms with Gasteiger partial charge in [-0.2, -0.15) is 0 Å². The predicted molar refractivity (Wildman–Crippen MR) is 71.0 cm³/mol. The van der Waals surface area contributed by atoms with E-state index in [0.29, 0.717) is 6.42 Å². The molecule has 5 nitrogen and oxygen atoms in total. The Morgan fingerprint density at radius 2 is 1.94 bits per heavy atom. The summed E-state index contributed by atoms with van der Waals surface area (Å²) >= 11 is 0. The summed E-state index contributed by atoms with van der Waals surface area (Å²) in [6.45, 7) is 3.86. The normalized spacial score (nSPS) is 16.7. The van der Waals surface area contributed by atoms with E-state index in [1.54, 1.807) is 7.05 Å². The number of hydrogen-bond acceptors (Lipinski definition) is 3. The second-order valence-electron chi connectivity index (χ2n) is 5.03.